The molecule has 3 heterocycles. The number of carboxylic acid groups (broad SMARTS) is 1. The molecule has 1 aliphatic carbocycles. The SMILES string of the molecule is COc1cc(/C(=N/NC(O)Cc2ccccc2)N2CCCC3CN(c4c(OC)cc5c(c4F)c(=O)c(C(=O)O)cn5C4CC4)CC32)cc(OC)c1OC. The number of amidine groups is 1. The third kappa shape index (κ3) is 6.78. The minimum absolute atomic E-state index is 0.0119. The first kappa shape index (κ1) is 35.9. The van der Waals surface area contributed by atoms with Crippen molar-refractivity contribution in [2.45, 2.75) is 50.4 Å². The van der Waals surface area contributed by atoms with Crippen LogP contribution in [0, 0.1) is 11.7 Å². The van der Waals surface area contributed by atoms with Crippen LogP contribution in [-0.2, 0) is 6.42 Å². The highest BCUT2D eigenvalue weighted by Crippen LogP contribution is 2.45. The maximum Gasteiger partial charge on any atom is 0.341 e. The van der Waals surface area contributed by atoms with Crippen LogP contribution in [0.2, 0.25) is 0 Å². The summed E-state index contributed by atoms with van der Waals surface area (Å²) in [6.45, 7) is 1.43. The molecule has 2 saturated heterocycles. The minimum atomic E-state index is -1.40. The zero-order chi connectivity index (χ0) is 37.4. The van der Waals surface area contributed by atoms with Crippen LogP contribution in [-0.4, -0.2) is 91.8 Å². The first-order valence-corrected chi connectivity index (χ1v) is 17.7. The van der Waals surface area contributed by atoms with Gasteiger partial charge in [-0.05, 0) is 49.3 Å². The molecule has 53 heavy (non-hydrogen) atoms. The number of anilines is 1. The molecule has 4 aromatic rings. The van der Waals surface area contributed by atoms with Gasteiger partial charge in [0.1, 0.15) is 23.2 Å². The predicted molar refractivity (Wildman–Crippen MR) is 197 cm³/mol. The van der Waals surface area contributed by atoms with Crippen molar-refractivity contribution < 1.29 is 38.3 Å². The molecule has 0 spiro atoms. The van der Waals surface area contributed by atoms with Gasteiger partial charge in [0.15, 0.2) is 23.2 Å². The van der Waals surface area contributed by atoms with Crippen molar-refractivity contribution in [3.05, 3.63) is 87.5 Å². The van der Waals surface area contributed by atoms with Crippen LogP contribution in [0.5, 0.6) is 23.0 Å². The summed E-state index contributed by atoms with van der Waals surface area (Å²) in [6, 6.07) is 14.7. The van der Waals surface area contributed by atoms with E-state index in [1.807, 2.05) is 35.2 Å². The number of methoxy groups -OCH3 is 4. The fourth-order valence-electron chi connectivity index (χ4n) is 7.83. The summed E-state index contributed by atoms with van der Waals surface area (Å²) in [6.07, 6.45) is 3.93. The standard InChI is InChI=1S/C39H44FN5O8/c1-50-29-18-27-33(36(47)26(39(48)49)20-45(27)25-12-13-25)34(40)35(29)43-19-23-11-8-14-44(28(23)21-43)38(42-41-32(46)15-22-9-6-5-7-10-22)24-16-30(51-2)37(53-4)31(17-24)52-3/h5-7,9-10,16-18,20,23,25,28,32,41,46H,8,11-15,19,21H2,1-4H3,(H,48,49)/b42-38-. The van der Waals surface area contributed by atoms with E-state index in [-0.39, 0.29) is 34.8 Å². The molecular weight excluding hydrogens is 685 g/mol. The molecule has 3 aliphatic rings. The van der Waals surface area contributed by atoms with Crippen LogP contribution >= 0.6 is 0 Å². The highest BCUT2D eigenvalue weighted by atomic mass is 19.1. The zero-order valence-corrected chi connectivity index (χ0v) is 30.2. The molecule has 0 bridgehead atoms. The van der Waals surface area contributed by atoms with Gasteiger partial charge < -0.3 is 43.5 Å². The van der Waals surface area contributed by atoms with Crippen molar-refractivity contribution in [3.8, 4) is 23.0 Å². The molecule has 7 rings (SSSR count). The molecule has 3 atom stereocenters. The third-order valence-electron chi connectivity index (χ3n) is 10.5. The Morgan fingerprint density at radius 1 is 0.981 bits per heavy atom. The van der Waals surface area contributed by atoms with Crippen molar-refractivity contribution in [2.75, 3.05) is 53.0 Å². The number of pyridine rings is 1. The quantitative estimate of drug-likeness (QED) is 0.0813. The lowest BCUT2D eigenvalue weighted by Gasteiger charge is -2.39. The summed E-state index contributed by atoms with van der Waals surface area (Å²) in [5.41, 5.74) is 3.65. The van der Waals surface area contributed by atoms with Gasteiger partial charge in [0, 0.05) is 49.9 Å². The van der Waals surface area contributed by atoms with Crippen LogP contribution in [0.3, 0.4) is 0 Å². The smallest absolute Gasteiger partial charge is 0.341 e. The largest absolute Gasteiger partial charge is 0.494 e. The van der Waals surface area contributed by atoms with Gasteiger partial charge in [-0.15, -0.1) is 0 Å². The van der Waals surface area contributed by atoms with Crippen molar-refractivity contribution in [2.24, 2.45) is 11.0 Å². The summed E-state index contributed by atoms with van der Waals surface area (Å²) in [5.74, 6) is -0.0483. The Morgan fingerprint density at radius 2 is 1.68 bits per heavy atom. The highest BCUT2D eigenvalue weighted by Gasteiger charge is 2.43. The Bertz CT molecular complexity index is 2080. The number of nitrogens with zero attached hydrogens (tertiary/aromatic N) is 4. The zero-order valence-electron chi connectivity index (χ0n) is 30.2. The van der Waals surface area contributed by atoms with Gasteiger partial charge in [-0.2, -0.15) is 5.10 Å². The number of hydrogen-bond acceptors (Lipinski definition) is 10. The fourth-order valence-corrected chi connectivity index (χ4v) is 7.83. The molecule has 1 saturated carbocycles. The number of rotatable bonds is 12. The van der Waals surface area contributed by atoms with E-state index in [0.717, 1.165) is 31.2 Å². The van der Waals surface area contributed by atoms with Crippen LogP contribution in [0.1, 0.15) is 53.2 Å². The fraction of sp³-hybridized carbons (Fsp3) is 0.410. The number of ether oxygens (including phenoxy) is 4. The van der Waals surface area contributed by atoms with Crippen LogP contribution in [0.15, 0.2) is 64.6 Å². The second-order valence-corrected chi connectivity index (χ2v) is 13.7. The van der Waals surface area contributed by atoms with Gasteiger partial charge in [0.05, 0.1) is 45.4 Å². The average Bonchev–Trinajstić information content (AvgIpc) is 3.92. The molecule has 3 fully saturated rings. The molecule has 2 aliphatic heterocycles. The summed E-state index contributed by atoms with van der Waals surface area (Å²) < 4.78 is 41.3. The Kier molecular flexibility index (Phi) is 10.1. The van der Waals surface area contributed by atoms with Crippen molar-refractivity contribution >= 4 is 28.4 Å². The van der Waals surface area contributed by atoms with Gasteiger partial charge in [-0.3, -0.25) is 10.2 Å². The lowest BCUT2D eigenvalue weighted by Crippen LogP contribution is -2.49. The van der Waals surface area contributed by atoms with Gasteiger partial charge in [0.2, 0.25) is 11.2 Å². The average molecular weight is 730 g/mol. The number of benzene rings is 3. The number of aliphatic hydroxyl groups is 1. The van der Waals surface area contributed by atoms with Gasteiger partial charge >= 0.3 is 5.97 Å². The molecule has 0 amide bonds. The number of hydrogen-bond donors (Lipinski definition) is 3. The van der Waals surface area contributed by atoms with Crippen molar-refractivity contribution in [1.29, 1.82) is 0 Å². The monoisotopic (exact) mass is 729 g/mol. The maximum atomic E-state index is 16.9. The predicted octanol–water partition coefficient (Wildman–Crippen LogP) is 4.62. The molecule has 3 unspecified atom stereocenters. The van der Waals surface area contributed by atoms with Crippen molar-refractivity contribution in [1.82, 2.24) is 14.9 Å². The number of carbonyl (C=O) groups is 1. The Morgan fingerprint density at radius 3 is 2.30 bits per heavy atom. The summed E-state index contributed by atoms with van der Waals surface area (Å²) >= 11 is 0. The number of halogens is 1. The van der Waals surface area contributed by atoms with E-state index in [1.54, 1.807) is 22.8 Å². The number of piperidine rings is 1. The number of aliphatic hydroxyl groups excluding tert-OH is 1. The Hall–Kier alpha value is -5.50. The molecular formula is C39H44FN5O8. The molecule has 13 nitrogen and oxygen atoms in total. The second-order valence-electron chi connectivity index (χ2n) is 13.7. The van der Waals surface area contributed by atoms with Gasteiger partial charge in [-0.1, -0.05) is 30.3 Å². The number of aromatic nitrogens is 1. The van der Waals surface area contributed by atoms with Gasteiger partial charge in [-0.25, -0.2) is 9.18 Å². The third-order valence-corrected chi connectivity index (χ3v) is 10.5. The molecule has 14 heteroatoms. The number of fused-ring (bicyclic) bond motifs is 2. The van der Waals surface area contributed by atoms with Crippen LogP contribution in [0.4, 0.5) is 10.1 Å². The van der Waals surface area contributed by atoms with Crippen LogP contribution in [0.25, 0.3) is 10.9 Å². The van der Waals surface area contributed by atoms with Gasteiger partial charge in [0.25, 0.3) is 0 Å². The highest BCUT2D eigenvalue weighted by molar-refractivity contribution is 6.00. The Labute approximate surface area is 306 Å². The summed E-state index contributed by atoms with van der Waals surface area (Å²) in [7, 11) is 6.07. The molecule has 3 aromatic carbocycles. The van der Waals surface area contributed by atoms with E-state index in [1.165, 1.54) is 34.6 Å². The second kappa shape index (κ2) is 14.9. The molecule has 1 aromatic heterocycles. The van der Waals surface area contributed by atoms with E-state index < -0.39 is 29.0 Å². The minimum Gasteiger partial charge on any atom is -0.494 e. The first-order chi connectivity index (χ1) is 25.7. The number of aromatic carboxylic acids is 1. The maximum absolute atomic E-state index is 16.9. The lowest BCUT2D eigenvalue weighted by molar-refractivity contribution is 0.0694. The number of hydrazone groups is 1. The molecule has 3 N–H and O–H groups in total. The first-order valence-electron chi connectivity index (χ1n) is 17.7. The van der Waals surface area contributed by atoms with Crippen LogP contribution < -0.4 is 34.7 Å². The van der Waals surface area contributed by atoms with E-state index in [9.17, 15) is 19.8 Å². The van der Waals surface area contributed by atoms with E-state index in [0.29, 0.717) is 60.2 Å². The normalized spacial score (nSPS) is 19.2. The number of likely N-dealkylation sites (tertiary alicyclic amines) is 1. The topological polar surface area (TPSA) is 147 Å². The van der Waals surface area contributed by atoms with E-state index >= 15 is 4.39 Å². The Balaban J connectivity index is 1.29. The number of carboxylic acids is 1. The number of nitrogens with one attached hydrogen (secondary N) is 1. The lowest BCUT2D eigenvalue weighted by atomic mass is 9.91. The van der Waals surface area contributed by atoms with E-state index in [4.69, 9.17) is 24.0 Å². The van der Waals surface area contributed by atoms with Crippen molar-refractivity contribution in [3.63, 3.8) is 0 Å². The summed E-state index contributed by atoms with van der Waals surface area (Å²) in [4.78, 5) is 29.7. The molecule has 0 radical (unpaired) electrons. The van der Waals surface area contributed by atoms with E-state index in [2.05, 4.69) is 10.3 Å². The molecule has 280 valence electrons. The summed E-state index contributed by atoms with van der Waals surface area (Å²) in [5, 5.41) is 25.4.